The molecule has 0 spiro atoms. The summed E-state index contributed by atoms with van der Waals surface area (Å²) in [5, 5.41) is 9.90. The van der Waals surface area contributed by atoms with E-state index in [0.29, 0.717) is 11.4 Å². The highest BCUT2D eigenvalue weighted by Crippen LogP contribution is 2.19. The number of rotatable bonds is 4. The number of carbonyl (C=O) groups is 1. The lowest BCUT2D eigenvalue weighted by atomic mass is 10.1. The summed E-state index contributed by atoms with van der Waals surface area (Å²) in [6.45, 7) is 2.07. The van der Waals surface area contributed by atoms with Gasteiger partial charge >= 0.3 is 0 Å². The first kappa shape index (κ1) is 13.3. The third-order valence-electron chi connectivity index (χ3n) is 3.15. The predicted octanol–water partition coefficient (Wildman–Crippen LogP) is 1.57. The third-order valence-corrected chi connectivity index (χ3v) is 4.20. The van der Waals surface area contributed by atoms with Crippen molar-refractivity contribution in [3.8, 4) is 0 Å². The number of aromatic amines is 1. The van der Waals surface area contributed by atoms with Crippen LogP contribution in [0.4, 0.5) is 5.69 Å². The Kier molecular flexibility index (Phi) is 4.52. The Morgan fingerprint density at radius 1 is 1.56 bits per heavy atom. The molecule has 1 fully saturated rings. The Bertz CT molecular complexity index is 412. The van der Waals surface area contributed by atoms with E-state index < -0.39 is 0 Å². The standard InChI is InChI=1S/C12H20N4OS/c1-2-3-9-10(13)11(16-15-9)12(17)14-8-4-6-18-7-5-8/h8H,2-7,13H2,1H3,(H,14,17)(H,15,16). The van der Waals surface area contributed by atoms with Crippen LogP contribution in [0, 0.1) is 0 Å². The molecule has 1 aliphatic rings. The molecule has 2 rings (SSSR count). The van der Waals surface area contributed by atoms with E-state index in [2.05, 4.69) is 22.4 Å². The Morgan fingerprint density at radius 2 is 2.28 bits per heavy atom. The maximum Gasteiger partial charge on any atom is 0.274 e. The average Bonchev–Trinajstić information content (AvgIpc) is 2.73. The van der Waals surface area contributed by atoms with E-state index >= 15 is 0 Å². The minimum atomic E-state index is -0.150. The molecule has 0 radical (unpaired) electrons. The summed E-state index contributed by atoms with van der Waals surface area (Å²) in [6, 6.07) is 0.268. The molecule has 100 valence electrons. The smallest absolute Gasteiger partial charge is 0.274 e. The van der Waals surface area contributed by atoms with Crippen LogP contribution in [0.15, 0.2) is 0 Å². The fraction of sp³-hybridized carbons (Fsp3) is 0.667. The van der Waals surface area contributed by atoms with Crippen molar-refractivity contribution in [2.45, 2.75) is 38.6 Å². The predicted molar refractivity (Wildman–Crippen MR) is 74.8 cm³/mol. The number of aromatic nitrogens is 2. The molecule has 1 aromatic heterocycles. The summed E-state index contributed by atoms with van der Waals surface area (Å²) in [5.41, 5.74) is 7.64. The first-order chi connectivity index (χ1) is 8.72. The maximum absolute atomic E-state index is 12.1. The summed E-state index contributed by atoms with van der Waals surface area (Å²) in [7, 11) is 0. The van der Waals surface area contributed by atoms with E-state index in [9.17, 15) is 4.79 Å². The molecule has 1 saturated heterocycles. The van der Waals surface area contributed by atoms with E-state index in [1.54, 1.807) is 0 Å². The molecule has 4 N–H and O–H groups in total. The number of nitrogens with one attached hydrogen (secondary N) is 2. The Balaban J connectivity index is 1.99. The SMILES string of the molecule is CCCc1[nH]nc(C(=O)NC2CCSCC2)c1N. The van der Waals surface area contributed by atoms with Crippen LogP contribution in [0.2, 0.25) is 0 Å². The highest BCUT2D eigenvalue weighted by atomic mass is 32.2. The highest BCUT2D eigenvalue weighted by molar-refractivity contribution is 7.99. The number of nitrogens with zero attached hydrogens (tertiary/aromatic N) is 1. The molecule has 2 heterocycles. The second kappa shape index (κ2) is 6.13. The van der Waals surface area contributed by atoms with E-state index in [4.69, 9.17) is 5.73 Å². The van der Waals surface area contributed by atoms with E-state index in [-0.39, 0.29) is 11.9 Å². The van der Waals surface area contributed by atoms with Gasteiger partial charge in [-0.25, -0.2) is 0 Å². The van der Waals surface area contributed by atoms with E-state index in [1.807, 2.05) is 11.8 Å². The van der Waals surface area contributed by atoms with Gasteiger partial charge in [0.1, 0.15) is 0 Å². The monoisotopic (exact) mass is 268 g/mol. The molecule has 0 saturated carbocycles. The van der Waals surface area contributed by atoms with Crippen LogP contribution < -0.4 is 11.1 Å². The van der Waals surface area contributed by atoms with Crippen molar-refractivity contribution in [2.75, 3.05) is 17.2 Å². The number of nitrogen functional groups attached to an aromatic ring is 1. The zero-order chi connectivity index (χ0) is 13.0. The van der Waals surface area contributed by atoms with Crippen molar-refractivity contribution in [1.29, 1.82) is 0 Å². The molecule has 0 aliphatic carbocycles. The number of hydrogen-bond acceptors (Lipinski definition) is 4. The number of H-pyrrole nitrogens is 1. The first-order valence-corrected chi connectivity index (χ1v) is 7.59. The second-order valence-electron chi connectivity index (χ2n) is 4.57. The molecule has 6 heteroatoms. The number of carbonyl (C=O) groups excluding carboxylic acids is 1. The van der Waals surface area contributed by atoms with Gasteiger partial charge in [0.25, 0.3) is 5.91 Å². The number of amides is 1. The van der Waals surface area contributed by atoms with Gasteiger partial charge in [0.05, 0.1) is 11.4 Å². The summed E-state index contributed by atoms with van der Waals surface area (Å²) in [5.74, 6) is 2.08. The van der Waals surface area contributed by atoms with Crippen LogP contribution in [0.25, 0.3) is 0 Å². The lowest BCUT2D eigenvalue weighted by Crippen LogP contribution is -2.37. The maximum atomic E-state index is 12.1. The lowest BCUT2D eigenvalue weighted by molar-refractivity contribution is 0.0930. The van der Waals surface area contributed by atoms with Gasteiger partial charge in [0.15, 0.2) is 5.69 Å². The van der Waals surface area contributed by atoms with Crippen molar-refractivity contribution in [1.82, 2.24) is 15.5 Å². The molecule has 1 amide bonds. The fourth-order valence-electron chi connectivity index (χ4n) is 2.10. The molecule has 1 aliphatic heterocycles. The number of aryl methyl sites for hydroxylation is 1. The van der Waals surface area contributed by atoms with Gasteiger partial charge < -0.3 is 11.1 Å². The normalized spacial score (nSPS) is 16.7. The van der Waals surface area contributed by atoms with Gasteiger partial charge in [0.2, 0.25) is 0 Å². The van der Waals surface area contributed by atoms with Crippen LogP contribution in [-0.4, -0.2) is 33.7 Å². The number of hydrogen-bond donors (Lipinski definition) is 3. The molecule has 5 nitrogen and oxygen atoms in total. The van der Waals surface area contributed by atoms with Gasteiger partial charge in [0, 0.05) is 6.04 Å². The highest BCUT2D eigenvalue weighted by Gasteiger charge is 2.21. The number of thioether (sulfide) groups is 1. The van der Waals surface area contributed by atoms with Gasteiger partial charge in [-0.15, -0.1) is 0 Å². The van der Waals surface area contributed by atoms with Gasteiger partial charge in [-0.3, -0.25) is 9.89 Å². The average molecular weight is 268 g/mol. The molecule has 0 unspecified atom stereocenters. The second-order valence-corrected chi connectivity index (χ2v) is 5.80. The Hall–Kier alpha value is -1.17. The molecular weight excluding hydrogens is 248 g/mol. The van der Waals surface area contributed by atoms with Gasteiger partial charge in [-0.05, 0) is 30.8 Å². The summed E-state index contributed by atoms with van der Waals surface area (Å²) >= 11 is 1.94. The largest absolute Gasteiger partial charge is 0.395 e. The van der Waals surface area contributed by atoms with Crippen LogP contribution in [0.5, 0.6) is 0 Å². The Morgan fingerprint density at radius 3 is 2.94 bits per heavy atom. The molecule has 18 heavy (non-hydrogen) atoms. The number of anilines is 1. The molecular formula is C12H20N4OS. The van der Waals surface area contributed by atoms with Crippen LogP contribution >= 0.6 is 11.8 Å². The number of nitrogens with two attached hydrogens (primary N) is 1. The van der Waals surface area contributed by atoms with Crippen molar-refractivity contribution >= 4 is 23.4 Å². The van der Waals surface area contributed by atoms with Crippen LogP contribution in [0.1, 0.15) is 42.4 Å². The summed E-state index contributed by atoms with van der Waals surface area (Å²) in [6.07, 6.45) is 3.87. The zero-order valence-corrected chi connectivity index (χ0v) is 11.5. The van der Waals surface area contributed by atoms with Crippen molar-refractivity contribution in [3.05, 3.63) is 11.4 Å². The minimum absolute atomic E-state index is 0.150. The van der Waals surface area contributed by atoms with Crippen molar-refractivity contribution in [2.24, 2.45) is 0 Å². The van der Waals surface area contributed by atoms with Gasteiger partial charge in [-0.2, -0.15) is 16.9 Å². The fourth-order valence-corrected chi connectivity index (χ4v) is 3.20. The molecule has 1 aromatic rings. The van der Waals surface area contributed by atoms with Crippen LogP contribution in [-0.2, 0) is 6.42 Å². The Labute approximate surface area is 111 Å². The topological polar surface area (TPSA) is 83.8 Å². The molecule has 0 bridgehead atoms. The third kappa shape index (κ3) is 2.98. The lowest BCUT2D eigenvalue weighted by Gasteiger charge is -2.22. The van der Waals surface area contributed by atoms with Gasteiger partial charge in [-0.1, -0.05) is 13.3 Å². The molecule has 0 atom stereocenters. The van der Waals surface area contributed by atoms with Crippen LogP contribution in [0.3, 0.4) is 0 Å². The van der Waals surface area contributed by atoms with Crippen molar-refractivity contribution in [3.63, 3.8) is 0 Å². The van der Waals surface area contributed by atoms with E-state index in [0.717, 1.165) is 42.9 Å². The first-order valence-electron chi connectivity index (χ1n) is 6.43. The summed E-state index contributed by atoms with van der Waals surface area (Å²) < 4.78 is 0. The minimum Gasteiger partial charge on any atom is -0.395 e. The van der Waals surface area contributed by atoms with Crippen molar-refractivity contribution < 1.29 is 4.79 Å². The quantitative estimate of drug-likeness (QED) is 0.774. The zero-order valence-electron chi connectivity index (χ0n) is 10.7. The molecule has 0 aromatic carbocycles. The summed E-state index contributed by atoms with van der Waals surface area (Å²) in [4.78, 5) is 12.1. The van der Waals surface area contributed by atoms with E-state index in [1.165, 1.54) is 0 Å².